The molecule has 2 N–H and O–H groups in total. The molecule has 41 heavy (non-hydrogen) atoms. The van der Waals surface area contributed by atoms with Gasteiger partial charge < -0.3 is 10.2 Å². The first-order valence-electron chi connectivity index (χ1n) is 15.6. The highest BCUT2D eigenvalue weighted by Crippen LogP contribution is 2.62. The average molecular weight is 607 g/mol. The SMILES string of the molecule is C[C@@]12CC[C@@H]3c4ccc(O)cc4C[C@@H](CCCCCCCCCS(=O)CCCC(F)(F)C(F)(F)F)C3[C@@H]1CC[C@@H]2O. The van der Waals surface area contributed by atoms with Crippen LogP contribution < -0.4 is 0 Å². The van der Waals surface area contributed by atoms with Gasteiger partial charge in [-0.05, 0) is 104 Å². The minimum atomic E-state index is -5.54. The first-order chi connectivity index (χ1) is 19.3. The fourth-order valence-corrected chi connectivity index (χ4v) is 9.48. The van der Waals surface area contributed by atoms with Gasteiger partial charge in [0.2, 0.25) is 0 Å². The monoisotopic (exact) mass is 606 g/mol. The van der Waals surface area contributed by atoms with Crippen LogP contribution in [0.3, 0.4) is 0 Å². The van der Waals surface area contributed by atoms with E-state index in [9.17, 15) is 36.4 Å². The molecule has 2 fully saturated rings. The number of benzene rings is 1. The first kappa shape index (κ1) is 32.7. The second-order valence-electron chi connectivity index (χ2n) is 13.2. The second kappa shape index (κ2) is 13.6. The van der Waals surface area contributed by atoms with Crippen LogP contribution in [0.2, 0.25) is 0 Å². The fraction of sp³-hybridized carbons (Fsp3) is 0.812. The molecule has 3 nitrogen and oxygen atoms in total. The zero-order chi connectivity index (χ0) is 29.8. The maximum Gasteiger partial charge on any atom is 0.453 e. The van der Waals surface area contributed by atoms with Gasteiger partial charge in [0.25, 0.3) is 0 Å². The lowest BCUT2D eigenvalue weighted by atomic mass is 9.52. The van der Waals surface area contributed by atoms with E-state index < -0.39 is 35.7 Å². The van der Waals surface area contributed by atoms with Crippen molar-refractivity contribution in [3.63, 3.8) is 0 Å². The topological polar surface area (TPSA) is 57.5 Å². The molecular formula is C32H47F5O3S. The maximum absolute atomic E-state index is 13.0. The van der Waals surface area contributed by atoms with Gasteiger partial charge in [-0.1, -0.05) is 51.5 Å². The molecule has 0 amide bonds. The number of phenolic OH excluding ortho intramolecular Hbond substituents is 1. The average Bonchev–Trinajstić information content (AvgIpc) is 3.20. The number of phenols is 1. The van der Waals surface area contributed by atoms with E-state index in [0.29, 0.717) is 41.6 Å². The van der Waals surface area contributed by atoms with Crippen molar-refractivity contribution in [2.45, 2.75) is 127 Å². The number of halogens is 5. The summed E-state index contributed by atoms with van der Waals surface area (Å²) in [7, 11) is -1.35. The third-order valence-electron chi connectivity index (χ3n) is 10.6. The summed E-state index contributed by atoms with van der Waals surface area (Å²) in [5.41, 5.74) is 2.73. The fourth-order valence-electron chi connectivity index (χ4n) is 8.28. The van der Waals surface area contributed by atoms with Crippen molar-refractivity contribution < 1.29 is 36.4 Å². The highest BCUT2D eigenvalue weighted by Gasteiger charge is 2.57. The summed E-state index contributed by atoms with van der Waals surface area (Å²) in [6.45, 7) is 2.30. The Morgan fingerprint density at radius 3 is 2.29 bits per heavy atom. The predicted octanol–water partition coefficient (Wildman–Crippen LogP) is 8.68. The third kappa shape index (κ3) is 7.66. The molecule has 3 aliphatic rings. The van der Waals surface area contributed by atoms with Gasteiger partial charge in [0.15, 0.2) is 0 Å². The summed E-state index contributed by atoms with van der Waals surface area (Å²) in [4.78, 5) is 0. The molecule has 2 unspecified atom stereocenters. The molecule has 0 saturated heterocycles. The summed E-state index contributed by atoms with van der Waals surface area (Å²) in [5.74, 6) is -1.91. The van der Waals surface area contributed by atoms with Gasteiger partial charge in [-0.15, -0.1) is 0 Å². The van der Waals surface area contributed by atoms with Crippen LogP contribution in [-0.4, -0.2) is 44.1 Å². The Labute approximate surface area is 244 Å². The first-order valence-corrected chi connectivity index (χ1v) is 17.1. The standard InChI is InChI=1S/C32H47F5O3S/c1-30-17-15-26-25-12-11-24(38)21-23(25)20-22(29(26)27(30)13-14-28(30)39)10-7-5-3-2-4-6-8-18-41(40)19-9-16-31(33,34)32(35,36)37/h11-12,21-22,26-29,38-39H,2-10,13-20H2,1H3/t22-,26-,27+,28+,29?,30-,41?/m1/s1. The van der Waals surface area contributed by atoms with Crippen molar-refractivity contribution in [1.29, 1.82) is 0 Å². The van der Waals surface area contributed by atoms with Crippen LogP contribution in [0.4, 0.5) is 22.0 Å². The van der Waals surface area contributed by atoms with E-state index in [1.54, 1.807) is 0 Å². The Hall–Kier alpha value is -1.22. The van der Waals surface area contributed by atoms with Crippen molar-refractivity contribution in [2.75, 3.05) is 11.5 Å². The van der Waals surface area contributed by atoms with Gasteiger partial charge in [0.05, 0.1) is 6.10 Å². The van der Waals surface area contributed by atoms with Crippen LogP contribution in [0, 0.1) is 23.2 Å². The van der Waals surface area contributed by atoms with Crippen LogP contribution in [0.5, 0.6) is 5.75 Å². The van der Waals surface area contributed by atoms with Crippen LogP contribution >= 0.6 is 0 Å². The predicted molar refractivity (Wildman–Crippen MR) is 153 cm³/mol. The van der Waals surface area contributed by atoms with Crippen molar-refractivity contribution in [3.05, 3.63) is 29.3 Å². The molecule has 0 aromatic heterocycles. The smallest absolute Gasteiger partial charge is 0.453 e. The molecule has 234 valence electrons. The molecule has 4 rings (SSSR count). The number of rotatable bonds is 14. The molecule has 7 atom stereocenters. The quantitative estimate of drug-likeness (QED) is 0.165. The maximum atomic E-state index is 13.0. The van der Waals surface area contributed by atoms with Crippen LogP contribution in [-0.2, 0) is 17.2 Å². The summed E-state index contributed by atoms with van der Waals surface area (Å²) >= 11 is 0. The van der Waals surface area contributed by atoms with E-state index in [0.717, 1.165) is 77.0 Å². The number of unbranched alkanes of at least 4 members (excludes halogenated alkanes) is 6. The van der Waals surface area contributed by atoms with Gasteiger partial charge in [-0.3, -0.25) is 4.21 Å². The Morgan fingerprint density at radius 1 is 0.927 bits per heavy atom. The lowest BCUT2D eigenvalue weighted by molar-refractivity contribution is -0.284. The van der Waals surface area contributed by atoms with Crippen molar-refractivity contribution in [2.24, 2.45) is 23.2 Å². The van der Waals surface area contributed by atoms with Crippen LogP contribution in [0.25, 0.3) is 0 Å². The van der Waals surface area contributed by atoms with E-state index in [-0.39, 0.29) is 17.3 Å². The van der Waals surface area contributed by atoms with Gasteiger partial charge in [-0.2, -0.15) is 22.0 Å². The van der Waals surface area contributed by atoms with Crippen molar-refractivity contribution >= 4 is 10.8 Å². The second-order valence-corrected chi connectivity index (χ2v) is 14.9. The van der Waals surface area contributed by atoms with E-state index in [1.165, 1.54) is 11.1 Å². The number of hydrogen-bond donors (Lipinski definition) is 2. The highest BCUT2D eigenvalue weighted by molar-refractivity contribution is 7.84. The van der Waals surface area contributed by atoms with E-state index in [1.807, 2.05) is 12.1 Å². The number of aliphatic hydroxyl groups excluding tert-OH is 1. The Bertz CT molecular complexity index is 1030. The lowest BCUT2D eigenvalue weighted by Crippen LogP contribution is -2.47. The van der Waals surface area contributed by atoms with E-state index in [2.05, 4.69) is 13.0 Å². The molecule has 9 heteroatoms. The van der Waals surface area contributed by atoms with Crippen molar-refractivity contribution in [3.8, 4) is 5.75 Å². The molecule has 0 radical (unpaired) electrons. The molecule has 0 bridgehead atoms. The minimum Gasteiger partial charge on any atom is -0.508 e. The zero-order valence-corrected chi connectivity index (χ0v) is 25.1. The van der Waals surface area contributed by atoms with E-state index in [4.69, 9.17) is 0 Å². The summed E-state index contributed by atoms with van der Waals surface area (Å²) < 4.78 is 74.5. The van der Waals surface area contributed by atoms with Gasteiger partial charge in [0, 0.05) is 28.7 Å². The number of aliphatic hydroxyl groups is 1. The number of hydrogen-bond acceptors (Lipinski definition) is 3. The van der Waals surface area contributed by atoms with Gasteiger partial charge >= 0.3 is 12.1 Å². The minimum absolute atomic E-state index is 0.0195. The normalized spacial score (nSPS) is 30.5. The summed E-state index contributed by atoms with van der Waals surface area (Å²) in [5, 5.41) is 21.0. The third-order valence-corrected chi connectivity index (χ3v) is 12.0. The molecule has 2 saturated carbocycles. The number of fused-ring (bicyclic) bond motifs is 5. The molecule has 0 heterocycles. The largest absolute Gasteiger partial charge is 0.508 e. The Kier molecular flexibility index (Phi) is 10.8. The van der Waals surface area contributed by atoms with E-state index >= 15 is 0 Å². The summed E-state index contributed by atoms with van der Waals surface area (Å²) in [6.07, 6.45) is 5.97. The molecular weight excluding hydrogens is 559 g/mol. The molecule has 0 spiro atoms. The highest BCUT2D eigenvalue weighted by atomic mass is 32.2. The number of alkyl halides is 5. The van der Waals surface area contributed by atoms with Crippen molar-refractivity contribution in [1.82, 2.24) is 0 Å². The lowest BCUT2D eigenvalue weighted by Gasteiger charge is -2.53. The summed E-state index contributed by atoms with van der Waals surface area (Å²) in [6, 6.07) is 5.92. The van der Waals surface area contributed by atoms with Gasteiger partial charge in [-0.25, -0.2) is 0 Å². The zero-order valence-electron chi connectivity index (χ0n) is 24.2. The Morgan fingerprint density at radius 2 is 1.59 bits per heavy atom. The molecule has 3 aliphatic carbocycles. The van der Waals surface area contributed by atoms with Crippen LogP contribution in [0.15, 0.2) is 18.2 Å². The van der Waals surface area contributed by atoms with Crippen LogP contribution in [0.1, 0.15) is 114 Å². The Balaban J connectivity index is 1.15. The molecule has 1 aromatic rings. The molecule has 0 aliphatic heterocycles. The number of aromatic hydroxyl groups is 1. The van der Waals surface area contributed by atoms with Gasteiger partial charge in [0.1, 0.15) is 5.75 Å². The molecule has 1 aromatic carbocycles.